The van der Waals surface area contributed by atoms with E-state index in [2.05, 4.69) is 15.3 Å². The second-order valence-corrected chi connectivity index (χ2v) is 8.85. The van der Waals surface area contributed by atoms with Crippen molar-refractivity contribution in [2.75, 3.05) is 32.8 Å². The minimum Gasteiger partial charge on any atom is -0.379 e. The zero-order valence-corrected chi connectivity index (χ0v) is 19.6. The number of carbonyl (C=O) groups excluding carboxylic acids is 1. The highest BCUT2D eigenvalue weighted by molar-refractivity contribution is 6.30. The van der Waals surface area contributed by atoms with E-state index in [1.165, 1.54) is 12.1 Å². The van der Waals surface area contributed by atoms with Gasteiger partial charge >= 0.3 is 0 Å². The van der Waals surface area contributed by atoms with Gasteiger partial charge in [0.15, 0.2) is 0 Å². The number of hydrogen-bond donors (Lipinski definition) is 1. The Balaban J connectivity index is 1.57. The van der Waals surface area contributed by atoms with Gasteiger partial charge in [-0.1, -0.05) is 43.6 Å². The summed E-state index contributed by atoms with van der Waals surface area (Å²) in [6.07, 6.45) is 1.60. The molecule has 1 aromatic heterocycles. The smallest absolute Gasteiger partial charge is 0.254 e. The van der Waals surface area contributed by atoms with Crippen LogP contribution < -0.4 is 5.32 Å². The molecule has 0 aliphatic carbocycles. The Hall–Kier alpha value is -2.74. The van der Waals surface area contributed by atoms with Gasteiger partial charge in [0.1, 0.15) is 5.82 Å². The molecule has 3 aromatic rings. The lowest BCUT2D eigenvalue weighted by molar-refractivity contribution is 0.0162. The topological polar surface area (TPSA) is 59.4 Å². The minimum absolute atomic E-state index is 0.0689. The van der Waals surface area contributed by atoms with Gasteiger partial charge in [0.2, 0.25) is 0 Å². The largest absolute Gasteiger partial charge is 0.379 e. The number of ether oxygens (including phenoxy) is 1. The predicted molar refractivity (Wildman–Crippen MR) is 127 cm³/mol. The molecular weight excluding hydrogens is 443 g/mol. The first kappa shape index (κ1) is 23.4. The molecule has 1 fully saturated rings. The SMILES string of the molecule is CC(C)c1c(C(=O)NCC(c2ccc(F)cc2)N2CCOCC2)cnn1-c1cccc(Cl)c1. The summed E-state index contributed by atoms with van der Waals surface area (Å²) in [5, 5.41) is 8.18. The van der Waals surface area contributed by atoms with Gasteiger partial charge in [-0.25, -0.2) is 9.07 Å². The molecule has 8 heteroatoms. The lowest BCUT2D eigenvalue weighted by atomic mass is 10.0. The molecule has 1 aliphatic rings. The summed E-state index contributed by atoms with van der Waals surface area (Å²) in [4.78, 5) is 15.5. The van der Waals surface area contributed by atoms with Crippen molar-refractivity contribution >= 4 is 17.5 Å². The van der Waals surface area contributed by atoms with E-state index in [0.29, 0.717) is 30.3 Å². The third-order valence-corrected chi connectivity index (χ3v) is 6.08. The van der Waals surface area contributed by atoms with Gasteiger partial charge in [-0.05, 0) is 41.8 Å². The molecule has 0 radical (unpaired) electrons. The van der Waals surface area contributed by atoms with Crippen LogP contribution in [0.15, 0.2) is 54.7 Å². The zero-order chi connectivity index (χ0) is 23.4. The first-order chi connectivity index (χ1) is 15.9. The highest BCUT2D eigenvalue weighted by Gasteiger charge is 2.26. The highest BCUT2D eigenvalue weighted by Crippen LogP contribution is 2.26. The van der Waals surface area contributed by atoms with Crippen molar-refractivity contribution in [2.45, 2.75) is 25.8 Å². The number of nitrogens with one attached hydrogen (secondary N) is 1. The summed E-state index contributed by atoms with van der Waals surface area (Å²) < 4.78 is 20.7. The molecule has 4 rings (SSSR count). The van der Waals surface area contributed by atoms with Gasteiger partial charge in [-0.3, -0.25) is 9.69 Å². The van der Waals surface area contributed by atoms with Gasteiger partial charge in [-0.15, -0.1) is 0 Å². The van der Waals surface area contributed by atoms with Crippen LogP contribution in [0.1, 0.15) is 47.4 Å². The number of carbonyl (C=O) groups is 1. The Labute approximate surface area is 198 Å². The van der Waals surface area contributed by atoms with Crippen molar-refractivity contribution in [2.24, 2.45) is 0 Å². The van der Waals surface area contributed by atoms with E-state index < -0.39 is 0 Å². The zero-order valence-electron chi connectivity index (χ0n) is 18.8. The maximum absolute atomic E-state index is 13.5. The fourth-order valence-corrected chi connectivity index (χ4v) is 4.40. The van der Waals surface area contributed by atoms with E-state index >= 15 is 0 Å². The van der Waals surface area contributed by atoms with Crippen LogP contribution in [0.3, 0.4) is 0 Å². The summed E-state index contributed by atoms with van der Waals surface area (Å²) in [6, 6.07) is 13.8. The van der Waals surface area contributed by atoms with Crippen LogP contribution in [-0.4, -0.2) is 53.4 Å². The van der Waals surface area contributed by atoms with E-state index in [-0.39, 0.29) is 23.7 Å². The lowest BCUT2D eigenvalue weighted by Gasteiger charge is -2.35. The number of amides is 1. The average Bonchev–Trinajstić information content (AvgIpc) is 3.27. The van der Waals surface area contributed by atoms with Crippen molar-refractivity contribution in [1.29, 1.82) is 0 Å². The third-order valence-electron chi connectivity index (χ3n) is 5.85. The lowest BCUT2D eigenvalue weighted by Crippen LogP contribution is -2.43. The Morgan fingerprint density at radius 1 is 1.18 bits per heavy atom. The highest BCUT2D eigenvalue weighted by atomic mass is 35.5. The molecule has 1 aliphatic heterocycles. The Kier molecular flexibility index (Phi) is 7.42. The number of benzene rings is 2. The summed E-state index contributed by atoms with van der Waals surface area (Å²) in [5.41, 5.74) is 3.12. The fraction of sp³-hybridized carbons (Fsp3) is 0.360. The van der Waals surface area contributed by atoms with Gasteiger partial charge in [0, 0.05) is 24.7 Å². The van der Waals surface area contributed by atoms with Crippen molar-refractivity contribution in [1.82, 2.24) is 20.0 Å². The molecule has 1 saturated heterocycles. The average molecular weight is 471 g/mol. The molecule has 0 bridgehead atoms. The fourth-order valence-electron chi connectivity index (χ4n) is 4.22. The normalized spacial score (nSPS) is 15.5. The van der Waals surface area contributed by atoms with Crippen molar-refractivity contribution in [3.63, 3.8) is 0 Å². The van der Waals surface area contributed by atoms with Crippen molar-refractivity contribution < 1.29 is 13.9 Å². The monoisotopic (exact) mass is 470 g/mol. The second-order valence-electron chi connectivity index (χ2n) is 8.42. The first-order valence-corrected chi connectivity index (χ1v) is 11.5. The number of morpholine rings is 1. The van der Waals surface area contributed by atoms with E-state index in [9.17, 15) is 9.18 Å². The van der Waals surface area contributed by atoms with Crippen LogP contribution in [0.5, 0.6) is 0 Å². The Morgan fingerprint density at radius 2 is 1.91 bits per heavy atom. The van der Waals surface area contributed by atoms with E-state index in [4.69, 9.17) is 16.3 Å². The minimum atomic E-state index is -0.279. The van der Waals surface area contributed by atoms with Crippen LogP contribution >= 0.6 is 11.6 Å². The number of nitrogens with zero attached hydrogens (tertiary/aromatic N) is 3. The van der Waals surface area contributed by atoms with Gasteiger partial charge in [0.05, 0.1) is 42.4 Å². The van der Waals surface area contributed by atoms with Crippen LogP contribution in [-0.2, 0) is 4.74 Å². The number of rotatable bonds is 7. The van der Waals surface area contributed by atoms with Crippen LogP contribution in [0.2, 0.25) is 5.02 Å². The maximum Gasteiger partial charge on any atom is 0.254 e. The molecule has 0 spiro atoms. The molecule has 1 N–H and O–H groups in total. The van der Waals surface area contributed by atoms with E-state index in [0.717, 1.165) is 30.0 Å². The summed E-state index contributed by atoms with van der Waals surface area (Å²) >= 11 is 6.16. The van der Waals surface area contributed by atoms with E-state index in [1.807, 2.05) is 32.0 Å². The molecule has 2 heterocycles. The first-order valence-electron chi connectivity index (χ1n) is 11.1. The van der Waals surface area contributed by atoms with Gasteiger partial charge < -0.3 is 10.1 Å². The second kappa shape index (κ2) is 10.5. The third kappa shape index (κ3) is 5.43. The standard InChI is InChI=1S/C25H28ClFN4O2/c1-17(2)24-22(15-29-31(24)21-5-3-4-19(26)14-21)25(32)28-16-23(30-10-12-33-13-11-30)18-6-8-20(27)9-7-18/h3-9,14-15,17,23H,10-13,16H2,1-2H3,(H,28,32). The molecular formula is C25H28ClFN4O2. The predicted octanol–water partition coefficient (Wildman–Crippen LogP) is 4.59. The number of halogens is 2. The molecule has 2 aromatic carbocycles. The van der Waals surface area contributed by atoms with Crippen molar-refractivity contribution in [3.8, 4) is 5.69 Å². The number of aromatic nitrogens is 2. The van der Waals surface area contributed by atoms with Gasteiger partial charge in [0.25, 0.3) is 5.91 Å². The molecule has 0 saturated carbocycles. The maximum atomic E-state index is 13.5. The van der Waals surface area contributed by atoms with E-state index in [1.54, 1.807) is 29.1 Å². The summed E-state index contributed by atoms with van der Waals surface area (Å²) in [5.74, 6) is -0.398. The number of hydrogen-bond acceptors (Lipinski definition) is 4. The van der Waals surface area contributed by atoms with Crippen molar-refractivity contribution in [3.05, 3.63) is 82.4 Å². The van der Waals surface area contributed by atoms with Crippen LogP contribution in [0.25, 0.3) is 5.69 Å². The molecule has 33 heavy (non-hydrogen) atoms. The van der Waals surface area contributed by atoms with Crippen LogP contribution in [0.4, 0.5) is 4.39 Å². The molecule has 6 nitrogen and oxygen atoms in total. The Bertz CT molecular complexity index is 1090. The molecule has 1 amide bonds. The summed E-state index contributed by atoms with van der Waals surface area (Å²) in [7, 11) is 0. The molecule has 1 atom stereocenters. The Morgan fingerprint density at radius 3 is 2.58 bits per heavy atom. The van der Waals surface area contributed by atoms with Gasteiger partial charge in [-0.2, -0.15) is 5.10 Å². The quantitative estimate of drug-likeness (QED) is 0.548. The van der Waals surface area contributed by atoms with Crippen LogP contribution in [0, 0.1) is 5.82 Å². The molecule has 174 valence electrons. The molecule has 1 unspecified atom stereocenters. The summed E-state index contributed by atoms with van der Waals surface area (Å²) in [6.45, 7) is 7.23.